The van der Waals surface area contributed by atoms with Gasteiger partial charge in [0, 0.05) is 5.33 Å². The summed E-state index contributed by atoms with van der Waals surface area (Å²) in [4.78, 5) is 0. The van der Waals surface area contributed by atoms with Gasteiger partial charge in [-0.25, -0.2) is 0 Å². The van der Waals surface area contributed by atoms with E-state index in [2.05, 4.69) is 15.9 Å². The highest BCUT2D eigenvalue weighted by molar-refractivity contribution is 9.09. The monoisotopic (exact) mass is 322 g/mol. The largest absolute Gasteiger partial charge is 0.490 e. The molecule has 5 heteroatoms. The molecule has 0 spiro atoms. The summed E-state index contributed by atoms with van der Waals surface area (Å²) in [5, 5.41) is 0.745. The number of ether oxygens (including phenoxy) is 1. The number of rotatable bonds is 5. The first-order valence-corrected chi connectivity index (χ1v) is 6.63. The molecule has 0 radical (unpaired) electrons. The highest BCUT2D eigenvalue weighted by Crippen LogP contribution is 2.31. The van der Waals surface area contributed by atoms with Crippen molar-refractivity contribution < 1.29 is 17.9 Å². The standard InChI is InChI=1S/C13H14BrF3O/c1-2-10(9-14)6-7-18-12-5-3-4-11(8-12)13(15,16)17/h3-6,8H,2,7,9H2,1H3. The van der Waals surface area contributed by atoms with Gasteiger partial charge < -0.3 is 4.74 Å². The number of allylic oxidation sites excluding steroid dienone is 1. The predicted octanol–water partition coefficient (Wildman–Crippen LogP) is 4.82. The number of benzene rings is 1. The molecule has 0 aromatic heterocycles. The maximum absolute atomic E-state index is 12.5. The minimum atomic E-state index is -4.33. The first-order chi connectivity index (χ1) is 8.47. The first kappa shape index (κ1) is 15.1. The summed E-state index contributed by atoms with van der Waals surface area (Å²) in [5.41, 5.74) is 0.460. The van der Waals surface area contributed by atoms with E-state index in [-0.39, 0.29) is 12.4 Å². The molecular weight excluding hydrogens is 309 g/mol. The van der Waals surface area contributed by atoms with E-state index in [1.807, 2.05) is 13.0 Å². The summed E-state index contributed by atoms with van der Waals surface area (Å²) in [5.74, 6) is 0.228. The van der Waals surface area contributed by atoms with Crippen LogP contribution in [0.5, 0.6) is 5.75 Å². The summed E-state index contributed by atoms with van der Waals surface area (Å²) in [7, 11) is 0. The molecule has 1 nitrogen and oxygen atoms in total. The normalized spacial score (nSPS) is 12.6. The third-order valence-corrected chi connectivity index (χ3v) is 3.13. The molecule has 0 N–H and O–H groups in total. The summed E-state index contributed by atoms with van der Waals surface area (Å²) in [6.07, 6.45) is -1.58. The average Bonchev–Trinajstić information content (AvgIpc) is 2.34. The van der Waals surface area contributed by atoms with E-state index in [4.69, 9.17) is 4.74 Å². The van der Waals surface area contributed by atoms with Gasteiger partial charge in [-0.3, -0.25) is 0 Å². The molecule has 100 valence electrons. The molecule has 1 aromatic rings. The van der Waals surface area contributed by atoms with Crippen LogP contribution in [0.4, 0.5) is 13.2 Å². The van der Waals surface area contributed by atoms with E-state index in [0.29, 0.717) is 0 Å². The molecule has 0 amide bonds. The molecule has 0 bridgehead atoms. The van der Waals surface area contributed by atoms with Crippen molar-refractivity contribution in [2.45, 2.75) is 19.5 Å². The lowest BCUT2D eigenvalue weighted by molar-refractivity contribution is -0.137. The Balaban J connectivity index is 2.66. The maximum atomic E-state index is 12.5. The molecule has 0 unspecified atom stereocenters. The van der Waals surface area contributed by atoms with Crippen molar-refractivity contribution in [3.05, 3.63) is 41.5 Å². The fourth-order valence-electron chi connectivity index (χ4n) is 1.31. The van der Waals surface area contributed by atoms with E-state index in [9.17, 15) is 13.2 Å². The quantitative estimate of drug-likeness (QED) is 0.558. The molecule has 0 atom stereocenters. The van der Waals surface area contributed by atoms with Gasteiger partial charge in [-0.05, 0) is 30.7 Å². The molecule has 1 rings (SSSR count). The second kappa shape index (κ2) is 6.83. The van der Waals surface area contributed by atoms with Gasteiger partial charge in [0.05, 0.1) is 5.56 Å². The zero-order valence-corrected chi connectivity index (χ0v) is 11.5. The highest BCUT2D eigenvalue weighted by Gasteiger charge is 2.30. The van der Waals surface area contributed by atoms with Gasteiger partial charge in [-0.2, -0.15) is 13.2 Å². The third-order valence-electron chi connectivity index (χ3n) is 2.41. The summed E-state index contributed by atoms with van der Waals surface area (Å²) in [6.45, 7) is 2.29. The highest BCUT2D eigenvalue weighted by atomic mass is 79.9. The van der Waals surface area contributed by atoms with E-state index < -0.39 is 11.7 Å². The van der Waals surface area contributed by atoms with Crippen LogP contribution in [-0.4, -0.2) is 11.9 Å². The van der Waals surface area contributed by atoms with Crippen LogP contribution in [0.2, 0.25) is 0 Å². The molecule has 0 aliphatic rings. The first-order valence-electron chi connectivity index (χ1n) is 5.51. The second-order valence-electron chi connectivity index (χ2n) is 3.69. The van der Waals surface area contributed by atoms with E-state index in [0.717, 1.165) is 29.5 Å². The van der Waals surface area contributed by atoms with Crippen LogP contribution in [0.15, 0.2) is 35.9 Å². The molecule has 1 aromatic carbocycles. The van der Waals surface area contributed by atoms with Gasteiger partial charge in [0.1, 0.15) is 12.4 Å². The minimum absolute atomic E-state index is 0.228. The van der Waals surface area contributed by atoms with Crippen LogP contribution in [0.3, 0.4) is 0 Å². The zero-order valence-electron chi connectivity index (χ0n) is 9.93. The Morgan fingerprint density at radius 1 is 1.39 bits per heavy atom. The van der Waals surface area contributed by atoms with Crippen LogP contribution < -0.4 is 4.74 Å². The van der Waals surface area contributed by atoms with Gasteiger partial charge in [0.2, 0.25) is 0 Å². The lowest BCUT2D eigenvalue weighted by Gasteiger charge is -2.09. The van der Waals surface area contributed by atoms with Gasteiger partial charge in [-0.15, -0.1) is 0 Å². The fraction of sp³-hybridized carbons (Fsp3) is 0.385. The summed E-state index contributed by atoms with van der Waals surface area (Å²) < 4.78 is 42.6. The zero-order chi connectivity index (χ0) is 13.6. The van der Waals surface area contributed by atoms with Crippen LogP contribution in [-0.2, 0) is 6.18 Å². The van der Waals surface area contributed by atoms with E-state index in [1.54, 1.807) is 0 Å². The van der Waals surface area contributed by atoms with Gasteiger partial charge in [-0.1, -0.05) is 34.5 Å². The van der Waals surface area contributed by atoms with Crippen molar-refractivity contribution in [1.29, 1.82) is 0 Å². The van der Waals surface area contributed by atoms with E-state index in [1.165, 1.54) is 12.1 Å². The molecule has 0 heterocycles. The van der Waals surface area contributed by atoms with Crippen molar-refractivity contribution >= 4 is 15.9 Å². The molecule has 0 fully saturated rings. The lowest BCUT2D eigenvalue weighted by Crippen LogP contribution is -2.05. The van der Waals surface area contributed by atoms with Crippen molar-refractivity contribution in [3.8, 4) is 5.75 Å². The molecule has 0 saturated heterocycles. The third kappa shape index (κ3) is 4.72. The smallest absolute Gasteiger partial charge is 0.416 e. The van der Waals surface area contributed by atoms with Gasteiger partial charge in [0.15, 0.2) is 0 Å². The number of hydrogen-bond acceptors (Lipinski definition) is 1. The summed E-state index contributed by atoms with van der Waals surface area (Å²) in [6, 6.07) is 4.89. The minimum Gasteiger partial charge on any atom is -0.490 e. The van der Waals surface area contributed by atoms with E-state index >= 15 is 0 Å². The maximum Gasteiger partial charge on any atom is 0.416 e. The Kier molecular flexibility index (Phi) is 5.72. The number of hydrogen-bond donors (Lipinski definition) is 0. The Hall–Kier alpha value is -0.970. The topological polar surface area (TPSA) is 9.23 Å². The number of alkyl halides is 4. The molecule has 0 aliphatic heterocycles. The van der Waals surface area contributed by atoms with Crippen molar-refractivity contribution in [2.24, 2.45) is 0 Å². The lowest BCUT2D eigenvalue weighted by atomic mass is 10.2. The van der Waals surface area contributed by atoms with Crippen LogP contribution in [0.25, 0.3) is 0 Å². The van der Waals surface area contributed by atoms with Crippen molar-refractivity contribution in [2.75, 3.05) is 11.9 Å². The molecule has 18 heavy (non-hydrogen) atoms. The van der Waals surface area contributed by atoms with Crippen LogP contribution >= 0.6 is 15.9 Å². The summed E-state index contributed by atoms with van der Waals surface area (Å²) >= 11 is 3.33. The number of halogens is 4. The average molecular weight is 323 g/mol. The van der Waals surface area contributed by atoms with Crippen molar-refractivity contribution in [3.63, 3.8) is 0 Å². The fourth-order valence-corrected chi connectivity index (χ4v) is 1.94. The SMILES string of the molecule is CCC(=CCOc1cccc(C(F)(F)F)c1)CBr. The molecule has 0 aliphatic carbocycles. The Morgan fingerprint density at radius 2 is 2.11 bits per heavy atom. The van der Waals surface area contributed by atoms with Crippen LogP contribution in [0, 0.1) is 0 Å². The Labute approximate surface area is 113 Å². The van der Waals surface area contributed by atoms with Crippen LogP contribution in [0.1, 0.15) is 18.9 Å². The van der Waals surface area contributed by atoms with Crippen molar-refractivity contribution in [1.82, 2.24) is 0 Å². The Morgan fingerprint density at radius 3 is 2.67 bits per heavy atom. The molecule has 0 saturated carbocycles. The Bertz CT molecular complexity index is 407. The molecular formula is C13H14BrF3O. The second-order valence-corrected chi connectivity index (χ2v) is 4.25. The predicted molar refractivity (Wildman–Crippen MR) is 69.1 cm³/mol. The van der Waals surface area contributed by atoms with Gasteiger partial charge >= 0.3 is 6.18 Å². The van der Waals surface area contributed by atoms with Gasteiger partial charge in [0.25, 0.3) is 0 Å².